The van der Waals surface area contributed by atoms with Crippen molar-refractivity contribution in [2.45, 2.75) is 33.1 Å². The molecule has 0 atom stereocenters. The maximum atomic E-state index is 6.42. The van der Waals surface area contributed by atoms with E-state index in [0.717, 1.165) is 81.3 Å². The van der Waals surface area contributed by atoms with Crippen LogP contribution < -0.4 is 4.90 Å². The van der Waals surface area contributed by atoms with Crippen LogP contribution in [0.15, 0.2) is 161 Å². The second-order valence-electron chi connectivity index (χ2n) is 13.1. The summed E-state index contributed by atoms with van der Waals surface area (Å²) >= 11 is 0. The van der Waals surface area contributed by atoms with Crippen molar-refractivity contribution < 1.29 is 8.83 Å². The Labute approximate surface area is 304 Å². The summed E-state index contributed by atoms with van der Waals surface area (Å²) in [6, 6.07) is 50.1. The molecule has 3 nitrogen and oxygen atoms in total. The summed E-state index contributed by atoms with van der Waals surface area (Å²) in [6.45, 7) is 4.00. The largest absolute Gasteiger partial charge is 0.456 e. The lowest BCUT2D eigenvalue weighted by Gasteiger charge is -2.26. The number of anilines is 3. The molecule has 3 heteroatoms. The Bertz CT molecular complexity index is 2580. The highest BCUT2D eigenvalue weighted by Gasteiger charge is 2.20. The van der Waals surface area contributed by atoms with Crippen molar-refractivity contribution in [3.05, 3.63) is 174 Å². The Hall–Kier alpha value is -6.32. The summed E-state index contributed by atoms with van der Waals surface area (Å²) in [4.78, 5) is 2.33. The van der Waals surface area contributed by atoms with E-state index in [0.29, 0.717) is 0 Å². The molecule has 8 aromatic rings. The van der Waals surface area contributed by atoms with Gasteiger partial charge >= 0.3 is 0 Å². The second-order valence-corrected chi connectivity index (χ2v) is 13.1. The third-order valence-corrected chi connectivity index (χ3v) is 10.2. The zero-order chi connectivity index (χ0) is 35.0. The number of allylic oxidation sites excluding steroid dienone is 2. The maximum absolute atomic E-state index is 6.42. The van der Waals surface area contributed by atoms with E-state index in [4.69, 9.17) is 8.83 Å². The van der Waals surface area contributed by atoms with Crippen LogP contribution in [0.1, 0.15) is 42.9 Å². The van der Waals surface area contributed by atoms with Gasteiger partial charge in [0.1, 0.15) is 22.7 Å². The molecule has 2 aromatic heterocycles. The second kappa shape index (κ2) is 13.4. The van der Waals surface area contributed by atoms with Gasteiger partial charge in [-0.1, -0.05) is 129 Å². The molecule has 52 heavy (non-hydrogen) atoms. The Kier molecular flexibility index (Phi) is 8.17. The van der Waals surface area contributed by atoms with E-state index in [-0.39, 0.29) is 0 Å². The van der Waals surface area contributed by atoms with E-state index in [9.17, 15) is 0 Å². The van der Waals surface area contributed by atoms with E-state index in [1.165, 1.54) is 33.0 Å². The maximum Gasteiger partial charge on any atom is 0.142 e. The molecule has 0 saturated carbocycles. The molecular formula is C49H39NO2. The topological polar surface area (TPSA) is 29.5 Å². The van der Waals surface area contributed by atoms with Gasteiger partial charge in [-0.15, -0.1) is 0 Å². The minimum absolute atomic E-state index is 0.928. The number of para-hydroxylation sites is 2. The minimum atomic E-state index is 0.928. The van der Waals surface area contributed by atoms with Gasteiger partial charge < -0.3 is 13.7 Å². The van der Waals surface area contributed by atoms with Gasteiger partial charge in [-0.2, -0.15) is 0 Å². The molecule has 0 spiro atoms. The SMILES string of the molecule is C1=Cc2oc3c(-c4ccc(N(c5ccc(-c6ccccc6)cc5)c5ccc(-c6cccc7c8c(oc67)C=CC8)cc5)cc4)cccc3c2CC1.CC. The lowest BCUT2D eigenvalue weighted by molar-refractivity contribution is 0.596. The molecule has 2 heterocycles. The van der Waals surface area contributed by atoms with Crippen LogP contribution in [0.2, 0.25) is 0 Å². The zero-order valence-corrected chi connectivity index (χ0v) is 29.5. The average molecular weight is 674 g/mol. The fraction of sp³-hybridized carbons (Fsp3) is 0.102. The molecule has 2 aliphatic carbocycles. The zero-order valence-electron chi connectivity index (χ0n) is 29.5. The quantitative estimate of drug-likeness (QED) is 0.176. The molecular weight excluding hydrogens is 635 g/mol. The summed E-state index contributed by atoms with van der Waals surface area (Å²) in [6.07, 6.45) is 11.6. The Morgan fingerprint density at radius 1 is 0.442 bits per heavy atom. The number of nitrogens with zero attached hydrogens (tertiary/aromatic N) is 1. The molecule has 10 rings (SSSR count). The van der Waals surface area contributed by atoms with Gasteiger partial charge in [0, 0.05) is 50.1 Å². The first kappa shape index (κ1) is 31.6. The number of hydrogen-bond acceptors (Lipinski definition) is 3. The summed E-state index contributed by atoms with van der Waals surface area (Å²) in [7, 11) is 0. The van der Waals surface area contributed by atoms with E-state index in [1.807, 2.05) is 13.8 Å². The Morgan fingerprint density at radius 3 is 1.50 bits per heavy atom. The van der Waals surface area contributed by atoms with Gasteiger partial charge in [-0.05, 0) is 90.1 Å². The molecule has 0 aliphatic heterocycles. The first-order chi connectivity index (χ1) is 25.8. The van der Waals surface area contributed by atoms with Gasteiger partial charge in [0.25, 0.3) is 0 Å². The summed E-state index contributed by atoms with van der Waals surface area (Å²) in [5.74, 6) is 1.98. The number of aryl methyl sites for hydroxylation is 1. The Balaban J connectivity index is 0.00000177. The number of furan rings is 2. The van der Waals surface area contributed by atoms with Crippen LogP contribution in [0.4, 0.5) is 17.1 Å². The highest BCUT2D eigenvalue weighted by atomic mass is 16.3. The van der Waals surface area contributed by atoms with Crippen LogP contribution >= 0.6 is 0 Å². The van der Waals surface area contributed by atoms with E-state index in [1.54, 1.807) is 0 Å². The molecule has 0 amide bonds. The molecule has 0 radical (unpaired) electrons. The van der Waals surface area contributed by atoms with Crippen molar-refractivity contribution in [1.29, 1.82) is 0 Å². The van der Waals surface area contributed by atoms with Crippen molar-refractivity contribution in [1.82, 2.24) is 0 Å². The van der Waals surface area contributed by atoms with Crippen LogP contribution in [0.3, 0.4) is 0 Å². The fourth-order valence-corrected chi connectivity index (χ4v) is 7.73. The van der Waals surface area contributed by atoms with Crippen LogP contribution in [0.5, 0.6) is 0 Å². The van der Waals surface area contributed by atoms with Gasteiger partial charge in [-0.3, -0.25) is 0 Å². The van der Waals surface area contributed by atoms with E-state index < -0.39 is 0 Å². The molecule has 2 aliphatic rings. The predicted octanol–water partition coefficient (Wildman–Crippen LogP) is 14.2. The normalized spacial score (nSPS) is 12.8. The monoisotopic (exact) mass is 673 g/mol. The summed E-state index contributed by atoms with van der Waals surface area (Å²) in [5.41, 5.74) is 14.7. The van der Waals surface area contributed by atoms with E-state index >= 15 is 0 Å². The first-order valence-electron chi connectivity index (χ1n) is 18.4. The van der Waals surface area contributed by atoms with Crippen LogP contribution in [-0.4, -0.2) is 0 Å². The predicted molar refractivity (Wildman–Crippen MR) is 218 cm³/mol. The minimum Gasteiger partial charge on any atom is -0.456 e. The Morgan fingerprint density at radius 2 is 0.923 bits per heavy atom. The van der Waals surface area contributed by atoms with Gasteiger partial charge in [0.15, 0.2) is 0 Å². The van der Waals surface area contributed by atoms with Gasteiger partial charge in [0.05, 0.1) is 0 Å². The molecule has 0 fully saturated rings. The van der Waals surface area contributed by atoms with Crippen molar-refractivity contribution >= 4 is 51.2 Å². The molecule has 0 saturated heterocycles. The number of hydrogen-bond donors (Lipinski definition) is 0. The molecule has 6 aromatic carbocycles. The third kappa shape index (κ3) is 5.46. The molecule has 0 unspecified atom stereocenters. The number of rotatable bonds is 6. The third-order valence-electron chi connectivity index (χ3n) is 10.2. The van der Waals surface area contributed by atoms with E-state index in [2.05, 4.69) is 169 Å². The highest BCUT2D eigenvalue weighted by Crippen LogP contribution is 2.42. The number of benzene rings is 6. The van der Waals surface area contributed by atoms with Crippen molar-refractivity contribution in [2.24, 2.45) is 0 Å². The van der Waals surface area contributed by atoms with Crippen molar-refractivity contribution in [3.8, 4) is 33.4 Å². The molecule has 252 valence electrons. The van der Waals surface area contributed by atoms with Crippen LogP contribution in [0, 0.1) is 0 Å². The summed E-state index contributed by atoms with van der Waals surface area (Å²) in [5, 5.41) is 2.42. The first-order valence-corrected chi connectivity index (χ1v) is 18.4. The standard InChI is InChI=1S/C47H33NO2.C2H6/c1-2-9-31(10-3-1)32-19-25-35(26-20-32)48(37-29-23-34(24-30-37)39-13-7-16-43-41-14-8-18-45(41)50-47(39)43)36-27-21-33(22-28-36)38-12-6-15-42-40-11-4-5-17-44(40)49-46(38)42;1-2/h1-3,5-10,12-13,15-30H,4,11,14H2;1-2H3. The highest BCUT2D eigenvalue weighted by molar-refractivity contribution is 5.98. The lowest BCUT2D eigenvalue weighted by Crippen LogP contribution is -2.09. The van der Waals surface area contributed by atoms with Crippen LogP contribution in [0.25, 0.3) is 67.5 Å². The van der Waals surface area contributed by atoms with Gasteiger partial charge in [0.2, 0.25) is 0 Å². The average Bonchev–Trinajstić information content (AvgIpc) is 3.94. The summed E-state index contributed by atoms with van der Waals surface area (Å²) < 4.78 is 12.8. The van der Waals surface area contributed by atoms with Crippen molar-refractivity contribution in [3.63, 3.8) is 0 Å². The molecule has 0 bridgehead atoms. The molecule has 0 N–H and O–H groups in total. The lowest BCUT2D eigenvalue weighted by atomic mass is 9.97. The van der Waals surface area contributed by atoms with Gasteiger partial charge in [-0.25, -0.2) is 0 Å². The number of fused-ring (bicyclic) bond motifs is 6. The fourth-order valence-electron chi connectivity index (χ4n) is 7.73. The smallest absolute Gasteiger partial charge is 0.142 e. The van der Waals surface area contributed by atoms with Crippen molar-refractivity contribution in [2.75, 3.05) is 4.90 Å². The van der Waals surface area contributed by atoms with Crippen LogP contribution in [-0.2, 0) is 12.8 Å².